The first-order valence-corrected chi connectivity index (χ1v) is 14.9. The lowest BCUT2D eigenvalue weighted by atomic mass is 9.65. The van der Waals surface area contributed by atoms with Crippen molar-refractivity contribution >= 4 is 29.5 Å². The Morgan fingerprint density at radius 2 is 1.62 bits per heavy atom. The second-order valence-corrected chi connectivity index (χ2v) is 11.5. The van der Waals surface area contributed by atoms with Crippen molar-refractivity contribution in [2.24, 2.45) is 16.8 Å². The van der Waals surface area contributed by atoms with E-state index in [4.69, 9.17) is 33.8 Å². The number of esters is 1. The average Bonchev–Trinajstić information content (AvgIpc) is 3.71. The first kappa shape index (κ1) is 30.2. The molecule has 2 saturated heterocycles. The molecule has 2 amide bonds. The summed E-state index contributed by atoms with van der Waals surface area (Å²) < 4.78 is 27.8. The van der Waals surface area contributed by atoms with E-state index in [-0.39, 0.29) is 61.7 Å². The highest BCUT2D eigenvalue weighted by molar-refractivity contribution is 6.48. The number of methoxy groups -OCH3 is 2. The van der Waals surface area contributed by atoms with Crippen molar-refractivity contribution < 1.29 is 53.1 Å². The minimum atomic E-state index is -0.848. The smallest absolute Gasteiger partial charge is 0.310 e. The number of ether oxygens (including phenoxy) is 5. The molecule has 0 unspecified atom stereocenters. The van der Waals surface area contributed by atoms with Gasteiger partial charge in [-0.2, -0.15) is 0 Å². The minimum Gasteiger partial charge on any atom is -0.502 e. The van der Waals surface area contributed by atoms with Crippen LogP contribution in [0.5, 0.6) is 28.7 Å². The number of imide groups is 1. The Labute approximate surface area is 258 Å². The van der Waals surface area contributed by atoms with Gasteiger partial charge in [-0.15, -0.1) is 0 Å². The Balaban J connectivity index is 1.36. The van der Waals surface area contributed by atoms with Crippen molar-refractivity contribution in [3.8, 4) is 28.7 Å². The van der Waals surface area contributed by atoms with E-state index in [0.29, 0.717) is 53.9 Å². The number of carboxylic acid groups (broad SMARTS) is 1. The average molecular weight is 623 g/mol. The van der Waals surface area contributed by atoms with Gasteiger partial charge < -0.3 is 33.9 Å². The van der Waals surface area contributed by atoms with Crippen LogP contribution in [0.15, 0.2) is 29.3 Å². The number of aliphatic carboxylic acids is 1. The molecule has 13 nitrogen and oxygen atoms in total. The quantitative estimate of drug-likeness (QED) is 0.214. The van der Waals surface area contributed by atoms with Crippen LogP contribution in [0.2, 0.25) is 0 Å². The molecule has 2 aromatic rings. The third kappa shape index (κ3) is 5.51. The van der Waals surface area contributed by atoms with Gasteiger partial charge in [-0.3, -0.25) is 29.1 Å². The molecule has 4 atom stereocenters. The van der Waals surface area contributed by atoms with Gasteiger partial charge in [-0.25, -0.2) is 0 Å². The molecular formula is C32H34N2O11. The lowest BCUT2D eigenvalue weighted by Gasteiger charge is -2.37. The Hall–Kier alpha value is -4.81. The van der Waals surface area contributed by atoms with Crippen LogP contribution in [0.1, 0.15) is 67.2 Å². The van der Waals surface area contributed by atoms with Gasteiger partial charge in [0, 0.05) is 24.8 Å². The molecule has 2 aromatic carbocycles. The van der Waals surface area contributed by atoms with Gasteiger partial charge in [0.15, 0.2) is 23.0 Å². The second-order valence-electron chi connectivity index (χ2n) is 11.5. The lowest BCUT2D eigenvalue weighted by Crippen LogP contribution is -2.35. The summed E-state index contributed by atoms with van der Waals surface area (Å²) in [6.07, 6.45) is 2.42. The largest absolute Gasteiger partial charge is 0.502 e. The summed E-state index contributed by atoms with van der Waals surface area (Å²) in [5, 5.41) is 19.4. The first-order valence-electron chi connectivity index (χ1n) is 14.9. The van der Waals surface area contributed by atoms with E-state index in [9.17, 15) is 24.3 Å². The van der Waals surface area contributed by atoms with Crippen LogP contribution >= 0.6 is 0 Å². The summed E-state index contributed by atoms with van der Waals surface area (Å²) in [6, 6.07) is 6.24. The number of hydrogen-bond acceptors (Lipinski definition) is 11. The third-order valence-electron chi connectivity index (χ3n) is 8.94. The zero-order valence-corrected chi connectivity index (χ0v) is 24.9. The summed E-state index contributed by atoms with van der Waals surface area (Å²) >= 11 is 0. The number of phenolic OH excluding ortho intramolecular Hbond substituents is 1. The van der Waals surface area contributed by atoms with Crippen molar-refractivity contribution in [1.29, 1.82) is 0 Å². The number of aliphatic imine (C=N–C) groups is 1. The van der Waals surface area contributed by atoms with Crippen molar-refractivity contribution in [3.63, 3.8) is 0 Å². The fourth-order valence-electron chi connectivity index (χ4n) is 6.77. The topological polar surface area (TPSA) is 170 Å². The molecule has 45 heavy (non-hydrogen) atoms. The SMILES string of the molecule is COc1cc([C@@H]2c3cc4c(cc3[C@@H](N=C3CC(=O)N(CCCCCCC(=O)O)C3=O)[C@H]3COC(=O)[C@H]23)OCO4)cc(OC)c1O. The summed E-state index contributed by atoms with van der Waals surface area (Å²) in [5.41, 5.74) is 2.17. The van der Waals surface area contributed by atoms with E-state index in [0.717, 1.165) is 0 Å². The fourth-order valence-corrected chi connectivity index (χ4v) is 6.77. The highest BCUT2D eigenvalue weighted by Crippen LogP contribution is 2.56. The summed E-state index contributed by atoms with van der Waals surface area (Å²) in [4.78, 5) is 56.5. The molecule has 6 rings (SSSR count). The molecule has 1 aliphatic carbocycles. The third-order valence-corrected chi connectivity index (χ3v) is 8.94. The zero-order valence-electron chi connectivity index (χ0n) is 24.9. The van der Waals surface area contributed by atoms with Crippen molar-refractivity contribution in [3.05, 3.63) is 41.0 Å². The molecule has 2 N–H and O–H groups in total. The van der Waals surface area contributed by atoms with Crippen molar-refractivity contribution in [2.75, 3.05) is 34.2 Å². The van der Waals surface area contributed by atoms with Gasteiger partial charge in [0.1, 0.15) is 5.71 Å². The number of carbonyl (C=O) groups is 4. The first-order chi connectivity index (χ1) is 21.7. The number of unbranched alkanes of at least 4 members (excludes halogenated alkanes) is 3. The summed E-state index contributed by atoms with van der Waals surface area (Å²) in [7, 11) is 2.85. The van der Waals surface area contributed by atoms with Crippen LogP contribution in [-0.4, -0.2) is 78.7 Å². The maximum absolute atomic E-state index is 13.4. The summed E-state index contributed by atoms with van der Waals surface area (Å²) in [6.45, 7) is 0.309. The van der Waals surface area contributed by atoms with Gasteiger partial charge in [-0.05, 0) is 53.8 Å². The number of cyclic esters (lactones) is 1. The Morgan fingerprint density at radius 3 is 2.29 bits per heavy atom. The number of nitrogens with zero attached hydrogens (tertiary/aromatic N) is 2. The number of hydrogen-bond donors (Lipinski definition) is 2. The van der Waals surface area contributed by atoms with Crippen LogP contribution in [0.25, 0.3) is 0 Å². The normalized spacial score (nSPS) is 24.1. The number of carbonyl (C=O) groups excluding carboxylic acids is 3. The van der Waals surface area contributed by atoms with E-state index in [2.05, 4.69) is 0 Å². The molecule has 2 fully saturated rings. The van der Waals surface area contributed by atoms with Crippen LogP contribution < -0.4 is 18.9 Å². The Kier molecular flexibility index (Phi) is 8.26. The number of rotatable bonds is 11. The molecule has 0 saturated carbocycles. The predicted octanol–water partition coefficient (Wildman–Crippen LogP) is 3.35. The lowest BCUT2D eigenvalue weighted by molar-refractivity contribution is -0.142. The number of fused-ring (bicyclic) bond motifs is 3. The molecule has 3 aliphatic heterocycles. The van der Waals surface area contributed by atoms with Crippen LogP contribution in [0.4, 0.5) is 0 Å². The summed E-state index contributed by atoms with van der Waals surface area (Å²) in [5.74, 6) is -2.66. The fraction of sp³-hybridized carbons (Fsp3) is 0.469. The maximum atomic E-state index is 13.4. The number of likely N-dealkylation sites (tertiary alicyclic amines) is 1. The van der Waals surface area contributed by atoms with E-state index < -0.39 is 41.6 Å². The molecular weight excluding hydrogens is 588 g/mol. The Morgan fingerprint density at radius 1 is 0.956 bits per heavy atom. The molecule has 0 aromatic heterocycles. The highest BCUT2D eigenvalue weighted by Gasteiger charge is 2.53. The van der Waals surface area contributed by atoms with E-state index in [1.54, 1.807) is 18.2 Å². The number of amides is 2. The van der Waals surface area contributed by atoms with Crippen LogP contribution in [-0.2, 0) is 23.9 Å². The van der Waals surface area contributed by atoms with E-state index >= 15 is 0 Å². The zero-order chi connectivity index (χ0) is 31.8. The molecule has 4 aliphatic rings. The van der Waals surface area contributed by atoms with E-state index in [1.165, 1.54) is 19.1 Å². The molecule has 3 heterocycles. The van der Waals surface area contributed by atoms with Gasteiger partial charge >= 0.3 is 11.9 Å². The number of carboxylic acids is 1. The number of aromatic hydroxyl groups is 1. The van der Waals surface area contributed by atoms with Gasteiger partial charge in [0.2, 0.25) is 18.4 Å². The molecule has 13 heteroatoms. The molecule has 0 spiro atoms. The number of benzene rings is 2. The molecule has 238 valence electrons. The molecule has 0 bridgehead atoms. The highest BCUT2D eigenvalue weighted by atomic mass is 16.7. The van der Waals surface area contributed by atoms with Gasteiger partial charge in [0.05, 0.1) is 39.2 Å². The maximum Gasteiger partial charge on any atom is 0.310 e. The second kappa shape index (κ2) is 12.3. The van der Waals surface area contributed by atoms with E-state index in [1.807, 2.05) is 6.07 Å². The van der Waals surface area contributed by atoms with Crippen LogP contribution in [0, 0.1) is 11.8 Å². The van der Waals surface area contributed by atoms with Crippen molar-refractivity contribution in [2.45, 2.75) is 50.5 Å². The van der Waals surface area contributed by atoms with Crippen LogP contribution in [0.3, 0.4) is 0 Å². The van der Waals surface area contributed by atoms with Crippen molar-refractivity contribution in [1.82, 2.24) is 4.90 Å². The number of phenols is 1. The van der Waals surface area contributed by atoms with Gasteiger partial charge in [0.25, 0.3) is 5.91 Å². The Bertz CT molecular complexity index is 1560. The standard InChI is InChI=1S/C32H34N2O11/c1-41-23-9-16(10-24(42-2)30(23)38)27-17-11-21-22(45-15-44-21)12-18(17)29(19-14-43-32(40)28(19)27)33-20-13-25(35)34(31(20)39)8-6-4-3-5-7-26(36)37/h9-12,19,27-29,38H,3-8,13-15H2,1-2H3,(H,36,37)/t19-,27+,28-,29+/m0/s1. The monoisotopic (exact) mass is 622 g/mol. The minimum absolute atomic E-state index is 0.0239. The molecule has 0 radical (unpaired) electrons. The predicted molar refractivity (Wildman–Crippen MR) is 156 cm³/mol. The van der Waals surface area contributed by atoms with Gasteiger partial charge in [-0.1, -0.05) is 12.8 Å².